The van der Waals surface area contributed by atoms with Crippen molar-refractivity contribution in [1.29, 1.82) is 0 Å². The van der Waals surface area contributed by atoms with Crippen molar-refractivity contribution in [3.63, 3.8) is 0 Å². The minimum absolute atomic E-state index is 0.178. The van der Waals surface area contributed by atoms with Crippen molar-refractivity contribution in [2.75, 3.05) is 5.73 Å². The summed E-state index contributed by atoms with van der Waals surface area (Å²) in [6, 6.07) is 3.47. The smallest absolute Gasteiger partial charge is 0.123 e. The number of pyridine rings is 1. The van der Waals surface area contributed by atoms with Crippen LogP contribution in [0.2, 0.25) is 0 Å². The summed E-state index contributed by atoms with van der Waals surface area (Å²) in [7, 11) is 1.82. The molecule has 0 bridgehead atoms. The number of hydrogen-bond donors (Lipinski definition) is 3. The van der Waals surface area contributed by atoms with Crippen LogP contribution in [0.15, 0.2) is 54.2 Å². The third-order valence-electron chi connectivity index (χ3n) is 2.68. The van der Waals surface area contributed by atoms with Crippen LogP contribution < -0.4 is 17.2 Å². The minimum Gasteiger partial charge on any atom is -0.398 e. The van der Waals surface area contributed by atoms with Crippen LogP contribution >= 0.6 is 0 Å². The predicted octanol–water partition coefficient (Wildman–Crippen LogP) is 0.616. The molecule has 0 aliphatic rings. The fraction of sp³-hybridized carbons (Fsp3) is 0.0714. The first-order valence-corrected chi connectivity index (χ1v) is 6.17. The zero-order valence-electron chi connectivity index (χ0n) is 11.7. The van der Waals surface area contributed by atoms with Crippen molar-refractivity contribution in [1.82, 2.24) is 14.8 Å². The first kappa shape index (κ1) is 14.3. The molecule has 21 heavy (non-hydrogen) atoms. The number of anilines is 1. The normalized spacial score (nSPS) is 12.4. The number of nitrogen functional groups attached to an aromatic ring is 1. The summed E-state index contributed by atoms with van der Waals surface area (Å²) in [6.45, 7) is 3.58. The molecule has 108 valence electrons. The summed E-state index contributed by atoms with van der Waals surface area (Å²) in [6.07, 6.45) is 6.77. The Hall–Kier alpha value is -3.09. The van der Waals surface area contributed by atoms with Crippen LogP contribution in [-0.4, -0.2) is 20.5 Å². The highest BCUT2D eigenvalue weighted by molar-refractivity contribution is 6.12. The molecule has 0 saturated carbocycles. The van der Waals surface area contributed by atoms with E-state index in [2.05, 4.69) is 21.7 Å². The molecule has 0 aliphatic heterocycles. The lowest BCUT2D eigenvalue weighted by molar-refractivity contribution is 0.767. The molecule has 0 radical (unpaired) electrons. The van der Waals surface area contributed by atoms with Gasteiger partial charge in [0.25, 0.3) is 0 Å². The average Bonchev–Trinajstić information content (AvgIpc) is 2.85. The van der Waals surface area contributed by atoms with Gasteiger partial charge in [0.15, 0.2) is 0 Å². The number of nitrogens with two attached hydrogens (primary N) is 3. The van der Waals surface area contributed by atoms with Crippen molar-refractivity contribution in [2.24, 2.45) is 23.5 Å². The molecule has 0 amide bonds. The second-order valence-electron chi connectivity index (χ2n) is 4.46. The Morgan fingerprint density at radius 3 is 2.57 bits per heavy atom. The Bertz CT molecular complexity index is 707. The van der Waals surface area contributed by atoms with E-state index in [0.717, 1.165) is 11.1 Å². The quantitative estimate of drug-likeness (QED) is 0.710. The maximum atomic E-state index is 6.06. The standard InChI is InChI=1S/C14H17N7/c1-9(15)20-13(10-3-4-14(17)18-6-10)5-12(16)11-7-19-21(2)8-11/h3-8H,1,15-16H2,2H3,(H2,17,18)/b12-5-,20-13+. The molecule has 7 nitrogen and oxygen atoms in total. The van der Waals surface area contributed by atoms with Crippen LogP contribution in [0.5, 0.6) is 0 Å². The summed E-state index contributed by atoms with van der Waals surface area (Å²) in [5.74, 6) is 0.603. The zero-order valence-corrected chi connectivity index (χ0v) is 11.7. The van der Waals surface area contributed by atoms with E-state index in [0.29, 0.717) is 17.2 Å². The van der Waals surface area contributed by atoms with Crippen LogP contribution in [0.25, 0.3) is 5.70 Å². The van der Waals surface area contributed by atoms with Crippen molar-refractivity contribution in [3.8, 4) is 0 Å². The molecule has 2 aromatic heterocycles. The molecule has 2 aromatic rings. The molecule has 0 fully saturated rings. The molecular formula is C14H17N7. The van der Waals surface area contributed by atoms with Crippen LogP contribution in [0.4, 0.5) is 5.82 Å². The summed E-state index contributed by atoms with van der Waals surface area (Å²) < 4.78 is 1.67. The van der Waals surface area contributed by atoms with Crippen LogP contribution in [0.1, 0.15) is 11.1 Å². The van der Waals surface area contributed by atoms with E-state index in [1.54, 1.807) is 35.3 Å². The van der Waals surface area contributed by atoms with Crippen molar-refractivity contribution in [2.45, 2.75) is 0 Å². The van der Waals surface area contributed by atoms with E-state index in [9.17, 15) is 0 Å². The fourth-order valence-electron chi connectivity index (χ4n) is 1.69. The van der Waals surface area contributed by atoms with Gasteiger partial charge in [-0.15, -0.1) is 0 Å². The van der Waals surface area contributed by atoms with E-state index in [1.165, 1.54) is 0 Å². The zero-order chi connectivity index (χ0) is 15.4. The average molecular weight is 283 g/mol. The van der Waals surface area contributed by atoms with Crippen LogP contribution in [-0.2, 0) is 7.05 Å². The van der Waals surface area contributed by atoms with E-state index in [-0.39, 0.29) is 5.82 Å². The van der Waals surface area contributed by atoms with E-state index >= 15 is 0 Å². The fourth-order valence-corrected chi connectivity index (χ4v) is 1.69. The maximum Gasteiger partial charge on any atom is 0.123 e. The Kier molecular flexibility index (Phi) is 4.03. The Balaban J connectivity index is 2.42. The first-order valence-electron chi connectivity index (χ1n) is 6.17. The second-order valence-corrected chi connectivity index (χ2v) is 4.46. The number of allylic oxidation sites excluding steroid dienone is 1. The van der Waals surface area contributed by atoms with Gasteiger partial charge in [-0.1, -0.05) is 6.58 Å². The van der Waals surface area contributed by atoms with Gasteiger partial charge in [-0.2, -0.15) is 5.10 Å². The number of aromatic nitrogens is 3. The highest BCUT2D eigenvalue weighted by Gasteiger charge is 2.06. The lowest BCUT2D eigenvalue weighted by atomic mass is 10.1. The van der Waals surface area contributed by atoms with Crippen molar-refractivity contribution >= 4 is 17.2 Å². The third kappa shape index (κ3) is 3.69. The molecule has 2 heterocycles. The first-order chi connectivity index (χ1) is 9.95. The van der Waals surface area contributed by atoms with Crippen LogP contribution in [0.3, 0.4) is 0 Å². The maximum absolute atomic E-state index is 6.06. The molecule has 2 rings (SSSR count). The molecule has 0 aromatic carbocycles. The van der Waals surface area contributed by atoms with Crippen LogP contribution in [0, 0.1) is 0 Å². The van der Waals surface area contributed by atoms with Gasteiger partial charge < -0.3 is 17.2 Å². The Morgan fingerprint density at radius 2 is 2.05 bits per heavy atom. The highest BCUT2D eigenvalue weighted by Crippen LogP contribution is 2.11. The molecule has 0 spiro atoms. The molecule has 0 unspecified atom stereocenters. The molecule has 0 atom stereocenters. The van der Waals surface area contributed by atoms with Gasteiger partial charge in [-0.3, -0.25) is 4.68 Å². The van der Waals surface area contributed by atoms with E-state index in [1.807, 2.05) is 13.2 Å². The number of nitrogens with zero attached hydrogens (tertiary/aromatic N) is 4. The van der Waals surface area contributed by atoms with Crippen molar-refractivity contribution in [3.05, 3.63) is 60.3 Å². The molecule has 0 saturated heterocycles. The minimum atomic E-state index is 0.178. The van der Waals surface area contributed by atoms with Gasteiger partial charge in [-0.25, -0.2) is 9.98 Å². The van der Waals surface area contributed by atoms with Gasteiger partial charge >= 0.3 is 0 Å². The summed E-state index contributed by atoms with van der Waals surface area (Å²) in [4.78, 5) is 8.22. The molecule has 0 aliphatic carbocycles. The third-order valence-corrected chi connectivity index (χ3v) is 2.68. The molecule has 6 N–H and O–H groups in total. The van der Waals surface area contributed by atoms with Gasteiger partial charge in [0, 0.05) is 36.3 Å². The highest BCUT2D eigenvalue weighted by atomic mass is 15.2. The Labute approximate surface area is 122 Å². The van der Waals surface area contributed by atoms with Gasteiger partial charge in [0.2, 0.25) is 0 Å². The monoisotopic (exact) mass is 283 g/mol. The lowest BCUT2D eigenvalue weighted by Crippen LogP contribution is -2.06. The largest absolute Gasteiger partial charge is 0.398 e. The SMILES string of the molecule is C=C(N)/N=C(\C=C(/N)c1cnn(C)c1)c1ccc(N)nc1. The number of rotatable bonds is 4. The number of aliphatic imine (C=N–C) groups is 1. The lowest BCUT2D eigenvalue weighted by Gasteiger charge is -2.04. The van der Waals surface area contributed by atoms with Gasteiger partial charge in [-0.05, 0) is 18.2 Å². The van der Waals surface area contributed by atoms with Crippen molar-refractivity contribution < 1.29 is 0 Å². The van der Waals surface area contributed by atoms with E-state index in [4.69, 9.17) is 17.2 Å². The number of aryl methyl sites for hydroxylation is 1. The van der Waals surface area contributed by atoms with Gasteiger partial charge in [0.1, 0.15) is 11.6 Å². The summed E-state index contributed by atoms with van der Waals surface area (Å²) in [5, 5.41) is 4.08. The molecular weight excluding hydrogens is 266 g/mol. The van der Waals surface area contributed by atoms with Gasteiger partial charge in [0.05, 0.1) is 11.9 Å². The topological polar surface area (TPSA) is 121 Å². The molecule has 7 heteroatoms. The predicted molar refractivity (Wildman–Crippen MR) is 83.9 cm³/mol. The summed E-state index contributed by atoms with van der Waals surface area (Å²) >= 11 is 0. The summed E-state index contributed by atoms with van der Waals surface area (Å²) in [5.41, 5.74) is 19.8. The Morgan fingerprint density at radius 1 is 1.29 bits per heavy atom. The number of hydrogen-bond acceptors (Lipinski definition) is 6. The second kappa shape index (κ2) is 5.91. The van der Waals surface area contributed by atoms with E-state index < -0.39 is 0 Å².